The maximum absolute atomic E-state index is 11.1. The van der Waals surface area contributed by atoms with Gasteiger partial charge < -0.3 is 0 Å². The molecule has 9 heteroatoms. The van der Waals surface area contributed by atoms with Crippen LogP contribution >= 0.6 is 10.7 Å². The van der Waals surface area contributed by atoms with Crippen molar-refractivity contribution in [3.63, 3.8) is 0 Å². The van der Waals surface area contributed by atoms with Gasteiger partial charge in [-0.3, -0.25) is 15.0 Å². The molecule has 7 nitrogen and oxygen atoms in total. The van der Waals surface area contributed by atoms with Crippen LogP contribution in [0.4, 0.5) is 5.69 Å². The number of nitrogens with zero attached hydrogens (tertiary/aromatic N) is 1. The molecule has 1 aromatic rings. The lowest BCUT2D eigenvalue weighted by Gasteiger charge is -1.98. The SMILES string of the molecule is NOCC#Cc1cc([N+](=O)[O-])cc(S(=O)(=O)Cl)c1. The van der Waals surface area contributed by atoms with Crippen LogP contribution in [0.15, 0.2) is 23.1 Å². The molecule has 0 aliphatic carbocycles. The standard InChI is InChI=1S/C9H7ClN2O5S/c10-18(15,16)9-5-7(2-1-3-17-11)4-8(6-9)12(13)14/h4-6H,3,11H2. The van der Waals surface area contributed by atoms with Crippen molar-refractivity contribution >= 4 is 25.4 Å². The summed E-state index contributed by atoms with van der Waals surface area (Å²) < 4.78 is 22.3. The van der Waals surface area contributed by atoms with Crippen molar-refractivity contribution in [2.75, 3.05) is 6.61 Å². The van der Waals surface area contributed by atoms with E-state index in [9.17, 15) is 18.5 Å². The first kappa shape index (κ1) is 14.4. The molecule has 0 aromatic heterocycles. The molecule has 0 aliphatic rings. The second-order valence-corrected chi connectivity index (χ2v) is 5.59. The van der Waals surface area contributed by atoms with Crippen molar-refractivity contribution in [2.45, 2.75) is 4.90 Å². The lowest BCUT2D eigenvalue weighted by atomic mass is 10.2. The van der Waals surface area contributed by atoms with E-state index in [2.05, 4.69) is 16.7 Å². The van der Waals surface area contributed by atoms with Crippen LogP contribution in [-0.2, 0) is 13.9 Å². The second kappa shape index (κ2) is 5.79. The van der Waals surface area contributed by atoms with Gasteiger partial charge in [0.1, 0.15) is 6.61 Å². The lowest BCUT2D eigenvalue weighted by Crippen LogP contribution is -1.98. The van der Waals surface area contributed by atoms with Gasteiger partial charge in [-0.2, -0.15) is 0 Å². The maximum Gasteiger partial charge on any atom is 0.272 e. The number of hydrogen-bond acceptors (Lipinski definition) is 6. The quantitative estimate of drug-likeness (QED) is 0.381. The Bertz CT molecular complexity index is 632. The summed E-state index contributed by atoms with van der Waals surface area (Å²) in [5.74, 6) is 9.65. The van der Waals surface area contributed by atoms with E-state index >= 15 is 0 Å². The molecule has 0 aliphatic heterocycles. The average molecular weight is 291 g/mol. The Hall–Kier alpha value is -1.66. The summed E-state index contributed by atoms with van der Waals surface area (Å²) in [5, 5.41) is 10.6. The van der Waals surface area contributed by atoms with E-state index in [-0.39, 0.29) is 12.2 Å². The molecule has 1 aromatic carbocycles. The van der Waals surface area contributed by atoms with E-state index < -0.39 is 24.6 Å². The fourth-order valence-electron chi connectivity index (χ4n) is 1.08. The number of nitro groups is 1. The highest BCUT2D eigenvalue weighted by Crippen LogP contribution is 2.22. The van der Waals surface area contributed by atoms with Gasteiger partial charge in [-0.05, 0) is 6.07 Å². The van der Waals surface area contributed by atoms with Crippen molar-refractivity contribution in [3.8, 4) is 11.8 Å². The van der Waals surface area contributed by atoms with Gasteiger partial charge in [0.05, 0.1) is 9.82 Å². The van der Waals surface area contributed by atoms with Crippen LogP contribution in [-0.4, -0.2) is 19.9 Å². The Balaban J connectivity index is 3.33. The summed E-state index contributed by atoms with van der Waals surface area (Å²) in [5.41, 5.74) is -0.296. The number of halogens is 1. The second-order valence-electron chi connectivity index (χ2n) is 3.02. The van der Waals surface area contributed by atoms with E-state index in [1.54, 1.807) is 0 Å². The van der Waals surface area contributed by atoms with Crippen molar-refractivity contribution in [2.24, 2.45) is 5.90 Å². The highest BCUT2D eigenvalue weighted by molar-refractivity contribution is 8.13. The van der Waals surface area contributed by atoms with E-state index in [4.69, 9.17) is 16.6 Å². The van der Waals surface area contributed by atoms with Crippen LogP contribution in [0.2, 0.25) is 0 Å². The molecule has 0 saturated heterocycles. The molecule has 0 atom stereocenters. The molecule has 0 saturated carbocycles. The van der Waals surface area contributed by atoms with Gasteiger partial charge in [0, 0.05) is 28.4 Å². The Morgan fingerprint density at radius 3 is 2.61 bits per heavy atom. The molecule has 2 N–H and O–H groups in total. The summed E-state index contributed by atoms with van der Waals surface area (Å²) in [4.78, 5) is 13.7. The zero-order chi connectivity index (χ0) is 13.8. The summed E-state index contributed by atoms with van der Waals surface area (Å²) in [6.07, 6.45) is 0. The minimum absolute atomic E-state index is 0.0916. The Labute approximate surface area is 107 Å². The predicted molar refractivity (Wildman–Crippen MR) is 63.2 cm³/mol. The third-order valence-electron chi connectivity index (χ3n) is 1.77. The fourth-order valence-corrected chi connectivity index (χ4v) is 1.88. The normalized spacial score (nSPS) is 10.6. The van der Waals surface area contributed by atoms with Gasteiger partial charge in [-0.15, -0.1) is 0 Å². The molecule has 18 heavy (non-hydrogen) atoms. The summed E-state index contributed by atoms with van der Waals surface area (Å²) in [6.45, 7) is -0.0916. The Kier molecular flexibility index (Phi) is 4.63. The molecule has 96 valence electrons. The van der Waals surface area contributed by atoms with Crippen LogP contribution in [0, 0.1) is 22.0 Å². The van der Waals surface area contributed by atoms with Crippen LogP contribution in [0.1, 0.15) is 5.56 Å². The lowest BCUT2D eigenvalue weighted by molar-refractivity contribution is -0.385. The number of nitro benzene ring substituents is 1. The van der Waals surface area contributed by atoms with Crippen LogP contribution in [0.3, 0.4) is 0 Å². The molecule has 0 fully saturated rings. The highest BCUT2D eigenvalue weighted by Gasteiger charge is 2.16. The first-order valence-corrected chi connectivity index (χ1v) is 6.70. The number of hydrogen-bond donors (Lipinski definition) is 1. The topological polar surface area (TPSA) is 113 Å². The zero-order valence-electron chi connectivity index (χ0n) is 8.79. The monoisotopic (exact) mass is 290 g/mol. The van der Waals surface area contributed by atoms with Gasteiger partial charge in [-0.1, -0.05) is 11.8 Å². The fraction of sp³-hybridized carbons (Fsp3) is 0.111. The Morgan fingerprint density at radius 2 is 2.11 bits per heavy atom. The van der Waals surface area contributed by atoms with Crippen molar-refractivity contribution in [1.82, 2.24) is 0 Å². The van der Waals surface area contributed by atoms with Crippen LogP contribution in [0.5, 0.6) is 0 Å². The summed E-state index contributed by atoms with van der Waals surface area (Å²) >= 11 is 0. The third kappa shape index (κ3) is 3.97. The van der Waals surface area contributed by atoms with E-state index in [0.29, 0.717) is 0 Å². The first-order valence-electron chi connectivity index (χ1n) is 4.39. The van der Waals surface area contributed by atoms with Gasteiger partial charge in [0.2, 0.25) is 0 Å². The predicted octanol–water partition coefficient (Wildman–Crippen LogP) is 0.764. The van der Waals surface area contributed by atoms with E-state index in [0.717, 1.165) is 18.2 Å². The number of non-ortho nitro benzene ring substituents is 1. The van der Waals surface area contributed by atoms with Crippen molar-refractivity contribution in [3.05, 3.63) is 33.9 Å². The zero-order valence-corrected chi connectivity index (χ0v) is 10.4. The smallest absolute Gasteiger partial charge is 0.272 e. The average Bonchev–Trinajstić information content (AvgIpc) is 2.28. The maximum atomic E-state index is 11.1. The number of benzene rings is 1. The highest BCUT2D eigenvalue weighted by atomic mass is 35.7. The molecule has 0 unspecified atom stereocenters. The van der Waals surface area contributed by atoms with Gasteiger partial charge in [-0.25, -0.2) is 14.3 Å². The molecular formula is C9H7ClN2O5S. The molecule has 0 spiro atoms. The largest absolute Gasteiger partial charge is 0.292 e. The van der Waals surface area contributed by atoms with Crippen LogP contribution in [0.25, 0.3) is 0 Å². The van der Waals surface area contributed by atoms with Gasteiger partial charge in [0.15, 0.2) is 0 Å². The molecular weight excluding hydrogens is 284 g/mol. The van der Waals surface area contributed by atoms with Gasteiger partial charge in [0.25, 0.3) is 14.7 Å². The molecule has 0 bridgehead atoms. The molecule has 0 amide bonds. The summed E-state index contributed by atoms with van der Waals surface area (Å²) in [7, 11) is 1.06. The first-order chi connectivity index (χ1) is 8.34. The van der Waals surface area contributed by atoms with Crippen molar-refractivity contribution < 1.29 is 18.2 Å². The van der Waals surface area contributed by atoms with Crippen molar-refractivity contribution in [1.29, 1.82) is 0 Å². The van der Waals surface area contributed by atoms with Gasteiger partial charge >= 0.3 is 0 Å². The van der Waals surface area contributed by atoms with Crippen LogP contribution < -0.4 is 5.90 Å². The van der Waals surface area contributed by atoms with E-state index in [1.165, 1.54) is 0 Å². The number of nitrogens with two attached hydrogens (primary N) is 1. The third-order valence-corrected chi connectivity index (χ3v) is 3.11. The molecule has 1 rings (SSSR count). The minimum atomic E-state index is -4.07. The molecule has 0 heterocycles. The number of rotatable bonds is 3. The van der Waals surface area contributed by atoms with E-state index in [1.807, 2.05) is 0 Å². The minimum Gasteiger partial charge on any atom is -0.292 e. The Morgan fingerprint density at radius 1 is 1.44 bits per heavy atom. The molecule has 0 radical (unpaired) electrons. The summed E-state index contributed by atoms with van der Waals surface area (Å²) in [6, 6.07) is 3.10.